The Balaban J connectivity index is 2.32. The summed E-state index contributed by atoms with van der Waals surface area (Å²) < 4.78 is 0. The second kappa shape index (κ2) is 6.22. The molecule has 3 heteroatoms. The van der Waals surface area contributed by atoms with E-state index in [-0.39, 0.29) is 0 Å². The minimum atomic E-state index is 0.400. The summed E-state index contributed by atoms with van der Waals surface area (Å²) in [6.07, 6.45) is 3.31. The smallest absolute Gasteiger partial charge is 0.129 e. The summed E-state index contributed by atoms with van der Waals surface area (Å²) in [5, 5.41) is 9.44. The van der Waals surface area contributed by atoms with E-state index in [1.807, 2.05) is 30.0 Å². The van der Waals surface area contributed by atoms with Gasteiger partial charge in [0.15, 0.2) is 0 Å². The van der Waals surface area contributed by atoms with Crippen LogP contribution >= 0.6 is 23.5 Å². The molecule has 0 aromatic heterocycles. The molecule has 0 radical (unpaired) electrons. The second-order valence-corrected chi connectivity index (χ2v) is 4.78. The van der Waals surface area contributed by atoms with Gasteiger partial charge in [0.1, 0.15) is 5.75 Å². The number of phenolic OH excluding ortho intramolecular Hbond substituents is 1. The molecule has 0 aliphatic heterocycles. The molecule has 0 bridgehead atoms. The molecule has 0 spiro atoms. The van der Waals surface area contributed by atoms with Crippen molar-refractivity contribution in [3.8, 4) is 5.75 Å². The number of rotatable bonds is 5. The van der Waals surface area contributed by atoms with E-state index in [2.05, 4.69) is 6.26 Å². The highest BCUT2D eigenvalue weighted by atomic mass is 32.2. The Morgan fingerprint density at radius 3 is 2.69 bits per heavy atom. The first-order valence-electron chi connectivity index (χ1n) is 4.24. The average Bonchev–Trinajstić information content (AvgIpc) is 2.15. The van der Waals surface area contributed by atoms with E-state index in [0.29, 0.717) is 5.75 Å². The van der Waals surface area contributed by atoms with Gasteiger partial charge < -0.3 is 5.11 Å². The fourth-order valence-corrected chi connectivity index (χ4v) is 2.48. The van der Waals surface area contributed by atoms with E-state index in [1.165, 1.54) is 12.2 Å². The van der Waals surface area contributed by atoms with Crippen LogP contribution in [0.1, 0.15) is 6.42 Å². The monoisotopic (exact) mass is 214 g/mol. The van der Waals surface area contributed by atoms with Gasteiger partial charge in [0.2, 0.25) is 0 Å². The van der Waals surface area contributed by atoms with Crippen LogP contribution in [0.15, 0.2) is 29.2 Å². The molecule has 0 atom stereocenters. The minimum absolute atomic E-state index is 0.400. The van der Waals surface area contributed by atoms with E-state index in [0.717, 1.165) is 10.6 Å². The van der Waals surface area contributed by atoms with Crippen molar-refractivity contribution < 1.29 is 5.11 Å². The Bertz CT molecular complexity index is 250. The first-order valence-corrected chi connectivity index (χ1v) is 6.62. The first kappa shape index (κ1) is 10.8. The maximum Gasteiger partial charge on any atom is 0.129 e. The van der Waals surface area contributed by atoms with Gasteiger partial charge in [-0.15, -0.1) is 11.8 Å². The molecule has 0 aliphatic carbocycles. The largest absolute Gasteiger partial charge is 0.507 e. The molecule has 1 aromatic carbocycles. The molecule has 0 saturated heterocycles. The molecule has 1 nitrogen and oxygen atoms in total. The van der Waals surface area contributed by atoms with Gasteiger partial charge in [-0.3, -0.25) is 0 Å². The molecule has 1 aromatic rings. The lowest BCUT2D eigenvalue weighted by molar-refractivity contribution is 0.462. The van der Waals surface area contributed by atoms with Crippen molar-refractivity contribution >= 4 is 23.5 Å². The lowest BCUT2D eigenvalue weighted by Gasteiger charge is -2.02. The van der Waals surface area contributed by atoms with Crippen molar-refractivity contribution in [2.45, 2.75) is 11.3 Å². The average molecular weight is 214 g/mol. The number of aromatic hydroxyl groups is 1. The molecule has 72 valence electrons. The van der Waals surface area contributed by atoms with Gasteiger partial charge in [0.25, 0.3) is 0 Å². The summed E-state index contributed by atoms with van der Waals surface area (Å²) in [6.45, 7) is 0. The van der Waals surface area contributed by atoms with E-state index < -0.39 is 0 Å². The summed E-state index contributed by atoms with van der Waals surface area (Å²) in [7, 11) is 0. The highest BCUT2D eigenvalue weighted by Crippen LogP contribution is 2.28. The summed E-state index contributed by atoms with van der Waals surface area (Å²) in [5.74, 6) is 2.68. The highest BCUT2D eigenvalue weighted by molar-refractivity contribution is 8.00. The van der Waals surface area contributed by atoms with Crippen LogP contribution in [-0.4, -0.2) is 22.9 Å². The Hall–Kier alpha value is -0.280. The van der Waals surface area contributed by atoms with Crippen LogP contribution in [0.4, 0.5) is 0 Å². The van der Waals surface area contributed by atoms with Crippen LogP contribution in [0.5, 0.6) is 5.75 Å². The third-order valence-electron chi connectivity index (χ3n) is 1.62. The van der Waals surface area contributed by atoms with Crippen molar-refractivity contribution in [2.75, 3.05) is 17.8 Å². The summed E-state index contributed by atoms with van der Waals surface area (Å²) in [5.41, 5.74) is 0. The van der Waals surface area contributed by atoms with Crippen LogP contribution < -0.4 is 0 Å². The van der Waals surface area contributed by atoms with E-state index >= 15 is 0 Å². The van der Waals surface area contributed by atoms with Gasteiger partial charge in [-0.05, 0) is 36.3 Å². The molecule has 0 unspecified atom stereocenters. The van der Waals surface area contributed by atoms with Crippen molar-refractivity contribution in [1.29, 1.82) is 0 Å². The number of thioether (sulfide) groups is 2. The number of benzene rings is 1. The zero-order valence-electron chi connectivity index (χ0n) is 7.69. The molecule has 13 heavy (non-hydrogen) atoms. The normalized spacial score (nSPS) is 10.2. The van der Waals surface area contributed by atoms with Gasteiger partial charge >= 0.3 is 0 Å². The van der Waals surface area contributed by atoms with Gasteiger partial charge in [0.05, 0.1) is 0 Å². The predicted octanol–water partition coefficient (Wildman–Crippen LogP) is 3.24. The van der Waals surface area contributed by atoms with E-state index in [9.17, 15) is 5.11 Å². The Morgan fingerprint density at radius 2 is 2.00 bits per heavy atom. The first-order chi connectivity index (χ1) is 6.34. The van der Waals surface area contributed by atoms with Crippen LogP contribution in [0.25, 0.3) is 0 Å². The summed E-state index contributed by atoms with van der Waals surface area (Å²) >= 11 is 3.59. The van der Waals surface area contributed by atoms with E-state index in [4.69, 9.17) is 0 Å². The molecule has 1 N–H and O–H groups in total. The molecular formula is C10H14OS2. The Kier molecular flexibility index (Phi) is 5.16. The standard InChI is InChI=1S/C10H14OS2/c1-12-7-4-8-13-10-6-3-2-5-9(10)11/h2-3,5-6,11H,4,7-8H2,1H3. The molecular weight excluding hydrogens is 200 g/mol. The second-order valence-electron chi connectivity index (χ2n) is 2.66. The summed E-state index contributed by atoms with van der Waals surface area (Å²) in [6, 6.07) is 7.49. The van der Waals surface area contributed by atoms with Crippen molar-refractivity contribution in [2.24, 2.45) is 0 Å². The number of phenols is 1. The van der Waals surface area contributed by atoms with E-state index in [1.54, 1.807) is 17.8 Å². The molecule has 0 fully saturated rings. The molecule has 0 saturated carbocycles. The van der Waals surface area contributed by atoms with Gasteiger partial charge in [-0.1, -0.05) is 12.1 Å². The van der Waals surface area contributed by atoms with Crippen molar-refractivity contribution in [1.82, 2.24) is 0 Å². The summed E-state index contributed by atoms with van der Waals surface area (Å²) in [4.78, 5) is 0.989. The lowest BCUT2D eigenvalue weighted by Crippen LogP contribution is -1.83. The highest BCUT2D eigenvalue weighted by Gasteiger charge is 1.98. The predicted molar refractivity (Wildman–Crippen MR) is 61.8 cm³/mol. The lowest BCUT2D eigenvalue weighted by atomic mass is 10.3. The van der Waals surface area contributed by atoms with Gasteiger partial charge in [0, 0.05) is 4.90 Å². The number of hydrogen-bond donors (Lipinski definition) is 1. The molecule has 1 rings (SSSR count). The van der Waals surface area contributed by atoms with Gasteiger partial charge in [-0.25, -0.2) is 0 Å². The van der Waals surface area contributed by atoms with Crippen LogP contribution in [-0.2, 0) is 0 Å². The zero-order chi connectivity index (χ0) is 9.52. The Labute approximate surface area is 87.9 Å². The van der Waals surface area contributed by atoms with Gasteiger partial charge in [-0.2, -0.15) is 11.8 Å². The third kappa shape index (κ3) is 3.96. The van der Waals surface area contributed by atoms with Crippen molar-refractivity contribution in [3.63, 3.8) is 0 Å². The zero-order valence-corrected chi connectivity index (χ0v) is 9.33. The van der Waals surface area contributed by atoms with Crippen LogP contribution in [0, 0.1) is 0 Å². The maximum absolute atomic E-state index is 9.44. The van der Waals surface area contributed by atoms with Crippen molar-refractivity contribution in [3.05, 3.63) is 24.3 Å². The quantitative estimate of drug-likeness (QED) is 0.600. The minimum Gasteiger partial charge on any atom is -0.507 e. The van der Waals surface area contributed by atoms with Crippen LogP contribution in [0.3, 0.4) is 0 Å². The maximum atomic E-state index is 9.44. The topological polar surface area (TPSA) is 20.2 Å². The third-order valence-corrected chi connectivity index (χ3v) is 3.46. The number of hydrogen-bond acceptors (Lipinski definition) is 3. The van der Waals surface area contributed by atoms with Crippen LogP contribution in [0.2, 0.25) is 0 Å². The molecule has 0 aliphatic rings. The SMILES string of the molecule is CSCCCSc1ccccc1O. The number of para-hydroxylation sites is 1. The fraction of sp³-hybridized carbons (Fsp3) is 0.400. The fourth-order valence-electron chi connectivity index (χ4n) is 0.965. The molecule has 0 heterocycles. The Morgan fingerprint density at radius 1 is 1.23 bits per heavy atom. The molecule has 0 amide bonds.